The molecule has 7 rings (SSSR count). The predicted molar refractivity (Wildman–Crippen MR) is 192 cm³/mol. The van der Waals surface area contributed by atoms with E-state index in [0.717, 1.165) is 44.7 Å². The van der Waals surface area contributed by atoms with E-state index in [1.165, 1.54) is 0 Å². The van der Waals surface area contributed by atoms with Gasteiger partial charge in [-0.25, -0.2) is 0 Å². The Balaban J connectivity index is 1.24. The zero-order chi connectivity index (χ0) is 33.3. The lowest BCUT2D eigenvalue weighted by Gasteiger charge is -2.32. The monoisotopic (exact) mass is 648 g/mol. The number of aliphatic hydroxyl groups is 1. The molecule has 0 fully saturated rings. The maximum Gasteiger partial charge on any atom is 0.203 e. The molecule has 0 saturated carbocycles. The van der Waals surface area contributed by atoms with Gasteiger partial charge in [0, 0.05) is 5.92 Å². The van der Waals surface area contributed by atoms with Crippen molar-refractivity contribution in [1.29, 1.82) is 0 Å². The van der Waals surface area contributed by atoms with E-state index in [0.29, 0.717) is 56.5 Å². The Bertz CT molecular complexity index is 1860. The second kappa shape index (κ2) is 15.6. The highest BCUT2D eigenvalue weighted by molar-refractivity contribution is 5.56. The lowest BCUT2D eigenvalue weighted by molar-refractivity contribution is 0.133. The SMILES string of the molecule is O[C@@H]1Cc2cccc(OCc3ccccc3)c2C[C@H]1c1cc(OCc2ccccc2)c(OCc2ccccc2)c(OCc2ccccc2)c1. The van der Waals surface area contributed by atoms with Gasteiger partial charge in [-0.3, -0.25) is 0 Å². The molecule has 6 aromatic rings. The third-order valence-corrected chi connectivity index (χ3v) is 8.96. The van der Waals surface area contributed by atoms with E-state index in [2.05, 4.69) is 18.2 Å². The van der Waals surface area contributed by atoms with E-state index in [4.69, 9.17) is 18.9 Å². The van der Waals surface area contributed by atoms with Crippen LogP contribution in [0.2, 0.25) is 0 Å². The standard InChI is InChI=1S/C44H40O5/c45-40-24-36-22-13-23-41(46-28-32-14-5-1-6-15-32)39(36)27-38(40)37-25-42(47-29-33-16-7-2-8-17-33)44(49-31-35-20-11-4-12-21-35)43(26-37)48-30-34-18-9-3-10-19-34/h1-23,25-26,38,40,45H,24,27-31H2/t38-,40+/m0/s1. The minimum atomic E-state index is -0.600. The fraction of sp³-hybridized carbons (Fsp3) is 0.182. The molecule has 5 heteroatoms. The van der Waals surface area contributed by atoms with Gasteiger partial charge in [-0.2, -0.15) is 0 Å². The van der Waals surface area contributed by atoms with E-state index < -0.39 is 6.10 Å². The first-order chi connectivity index (χ1) is 24.2. The minimum Gasteiger partial charge on any atom is -0.489 e. The quantitative estimate of drug-likeness (QED) is 0.135. The second-order valence-electron chi connectivity index (χ2n) is 12.4. The molecular formula is C44H40O5. The summed E-state index contributed by atoms with van der Waals surface area (Å²) in [5, 5.41) is 11.6. The molecule has 0 bridgehead atoms. The van der Waals surface area contributed by atoms with E-state index in [-0.39, 0.29) is 5.92 Å². The largest absolute Gasteiger partial charge is 0.489 e. The summed E-state index contributed by atoms with van der Waals surface area (Å²) in [6, 6.07) is 50.6. The van der Waals surface area contributed by atoms with Crippen LogP contribution in [0.4, 0.5) is 0 Å². The van der Waals surface area contributed by atoms with Gasteiger partial charge in [-0.15, -0.1) is 0 Å². The zero-order valence-electron chi connectivity index (χ0n) is 27.4. The summed E-state index contributed by atoms with van der Waals surface area (Å²) in [5.41, 5.74) is 7.39. The summed E-state index contributed by atoms with van der Waals surface area (Å²) in [7, 11) is 0. The summed E-state index contributed by atoms with van der Waals surface area (Å²) in [4.78, 5) is 0. The second-order valence-corrected chi connectivity index (χ2v) is 12.4. The third kappa shape index (κ3) is 8.14. The van der Waals surface area contributed by atoms with Crippen LogP contribution in [-0.2, 0) is 39.3 Å². The molecule has 2 atom stereocenters. The highest BCUT2D eigenvalue weighted by atomic mass is 16.5. The number of ether oxygens (including phenoxy) is 4. The van der Waals surface area contributed by atoms with E-state index in [1.54, 1.807) is 0 Å². The van der Waals surface area contributed by atoms with Crippen molar-refractivity contribution in [3.63, 3.8) is 0 Å². The van der Waals surface area contributed by atoms with Crippen molar-refractivity contribution in [3.8, 4) is 23.0 Å². The molecule has 1 aliphatic carbocycles. The van der Waals surface area contributed by atoms with Crippen molar-refractivity contribution in [1.82, 2.24) is 0 Å². The Hall–Kier alpha value is -5.52. The van der Waals surface area contributed by atoms with Gasteiger partial charge in [0.05, 0.1) is 6.10 Å². The molecule has 0 unspecified atom stereocenters. The average Bonchev–Trinajstić information content (AvgIpc) is 3.16. The zero-order valence-corrected chi connectivity index (χ0v) is 27.4. The molecule has 0 aromatic heterocycles. The fourth-order valence-corrected chi connectivity index (χ4v) is 6.34. The Morgan fingerprint density at radius 2 is 0.878 bits per heavy atom. The Kier molecular flexibility index (Phi) is 10.2. The molecule has 1 N–H and O–H groups in total. The summed E-state index contributed by atoms with van der Waals surface area (Å²) in [6.45, 7) is 1.55. The maximum absolute atomic E-state index is 11.6. The summed E-state index contributed by atoms with van der Waals surface area (Å²) < 4.78 is 26.0. The molecule has 0 heterocycles. The molecule has 0 amide bonds. The first-order valence-electron chi connectivity index (χ1n) is 16.8. The Morgan fingerprint density at radius 3 is 1.35 bits per heavy atom. The van der Waals surface area contributed by atoms with Gasteiger partial charge in [-0.05, 0) is 70.0 Å². The van der Waals surface area contributed by atoms with Crippen LogP contribution >= 0.6 is 0 Å². The minimum absolute atomic E-state index is 0.213. The van der Waals surface area contributed by atoms with E-state index >= 15 is 0 Å². The molecule has 0 spiro atoms. The fourth-order valence-electron chi connectivity index (χ4n) is 6.34. The molecule has 0 saturated heterocycles. The van der Waals surface area contributed by atoms with Crippen molar-refractivity contribution < 1.29 is 24.1 Å². The van der Waals surface area contributed by atoms with Crippen molar-refractivity contribution in [2.24, 2.45) is 0 Å². The van der Waals surface area contributed by atoms with Crippen LogP contribution in [0.5, 0.6) is 23.0 Å². The number of hydrogen-bond acceptors (Lipinski definition) is 5. The topological polar surface area (TPSA) is 57.2 Å². The van der Waals surface area contributed by atoms with Crippen molar-refractivity contribution in [2.45, 2.75) is 51.3 Å². The van der Waals surface area contributed by atoms with Crippen molar-refractivity contribution in [3.05, 3.63) is 191 Å². The molecule has 0 aliphatic heterocycles. The van der Waals surface area contributed by atoms with E-state index in [9.17, 15) is 5.11 Å². The normalized spacial score (nSPS) is 15.2. The maximum atomic E-state index is 11.6. The molecule has 5 nitrogen and oxygen atoms in total. The number of rotatable bonds is 13. The van der Waals surface area contributed by atoms with Crippen LogP contribution in [0.1, 0.15) is 44.9 Å². The van der Waals surface area contributed by atoms with Gasteiger partial charge in [0.15, 0.2) is 11.5 Å². The Labute approximate surface area is 288 Å². The smallest absolute Gasteiger partial charge is 0.203 e. The van der Waals surface area contributed by atoms with Gasteiger partial charge in [0.1, 0.15) is 32.2 Å². The number of hydrogen-bond donors (Lipinski definition) is 1. The van der Waals surface area contributed by atoms with Crippen LogP contribution in [0.15, 0.2) is 152 Å². The van der Waals surface area contributed by atoms with Crippen LogP contribution in [0.3, 0.4) is 0 Å². The molecule has 6 aromatic carbocycles. The summed E-state index contributed by atoms with van der Waals surface area (Å²) in [5.74, 6) is 2.33. The van der Waals surface area contributed by atoms with Crippen LogP contribution < -0.4 is 18.9 Å². The molecule has 246 valence electrons. The average molecular weight is 649 g/mol. The molecule has 0 radical (unpaired) electrons. The first kappa shape index (κ1) is 32.0. The number of fused-ring (bicyclic) bond motifs is 1. The lowest BCUT2D eigenvalue weighted by atomic mass is 9.77. The number of benzene rings is 6. The van der Waals surface area contributed by atoms with Crippen molar-refractivity contribution in [2.75, 3.05) is 0 Å². The highest BCUT2D eigenvalue weighted by Gasteiger charge is 2.32. The van der Waals surface area contributed by atoms with Crippen molar-refractivity contribution >= 4 is 0 Å². The van der Waals surface area contributed by atoms with Gasteiger partial charge < -0.3 is 24.1 Å². The van der Waals surface area contributed by atoms with Crippen LogP contribution in [-0.4, -0.2) is 11.2 Å². The van der Waals surface area contributed by atoms with Gasteiger partial charge in [0.25, 0.3) is 0 Å². The molecule has 1 aliphatic rings. The number of aliphatic hydroxyl groups excluding tert-OH is 1. The van der Waals surface area contributed by atoms with Gasteiger partial charge >= 0.3 is 0 Å². The van der Waals surface area contributed by atoms with Gasteiger partial charge in [0.2, 0.25) is 5.75 Å². The predicted octanol–water partition coefficient (Wildman–Crippen LogP) is 9.25. The molecule has 49 heavy (non-hydrogen) atoms. The van der Waals surface area contributed by atoms with Crippen LogP contribution in [0.25, 0.3) is 0 Å². The summed E-state index contributed by atoms with van der Waals surface area (Å²) in [6.07, 6.45) is 0.536. The first-order valence-corrected chi connectivity index (χ1v) is 16.8. The van der Waals surface area contributed by atoms with Gasteiger partial charge in [-0.1, -0.05) is 133 Å². The lowest BCUT2D eigenvalue weighted by Crippen LogP contribution is -2.29. The van der Waals surface area contributed by atoms with Crippen LogP contribution in [0, 0.1) is 0 Å². The molecular weight excluding hydrogens is 608 g/mol. The summed E-state index contributed by atoms with van der Waals surface area (Å²) >= 11 is 0. The third-order valence-electron chi connectivity index (χ3n) is 8.96. The highest BCUT2D eigenvalue weighted by Crippen LogP contribution is 2.45. The van der Waals surface area contributed by atoms with E-state index in [1.807, 2.05) is 133 Å². The Morgan fingerprint density at radius 1 is 0.449 bits per heavy atom.